The minimum atomic E-state index is -1.89. The van der Waals surface area contributed by atoms with Crippen molar-refractivity contribution in [2.75, 3.05) is 12.3 Å². The lowest BCUT2D eigenvalue weighted by Crippen LogP contribution is -2.40. The predicted molar refractivity (Wildman–Crippen MR) is 127 cm³/mol. The van der Waals surface area contributed by atoms with Crippen LogP contribution in [0.25, 0.3) is 11.2 Å². The lowest BCUT2D eigenvalue weighted by molar-refractivity contribution is -0.0763. The summed E-state index contributed by atoms with van der Waals surface area (Å²) in [7, 11) is 0. The van der Waals surface area contributed by atoms with Crippen LogP contribution in [0.15, 0.2) is 85.5 Å². The number of nitrogens with two attached hydrogens (primary N) is 1. The van der Waals surface area contributed by atoms with Gasteiger partial charge in [-0.15, -0.1) is 0 Å². The van der Waals surface area contributed by atoms with Crippen molar-refractivity contribution in [3.63, 3.8) is 0 Å². The quantitative estimate of drug-likeness (QED) is 0.393. The Kier molecular flexibility index (Phi) is 6.08. The van der Waals surface area contributed by atoms with Gasteiger partial charge in [-0.2, -0.15) is 0 Å². The Balaban J connectivity index is 1.40. The SMILES string of the molecule is C=C1[C@@H](n2cnc3c(N)ncnc32)C[C@H](OCc2ccccc2)[C@]1(F)COCc1ccccc1. The van der Waals surface area contributed by atoms with Crippen molar-refractivity contribution in [1.82, 2.24) is 19.5 Å². The Morgan fingerprint density at radius 2 is 1.68 bits per heavy atom. The molecule has 0 radical (unpaired) electrons. The minimum Gasteiger partial charge on any atom is -0.382 e. The van der Waals surface area contributed by atoms with Crippen LogP contribution in [-0.2, 0) is 22.7 Å². The third-order valence-electron chi connectivity index (χ3n) is 6.32. The maximum absolute atomic E-state index is 16.7. The van der Waals surface area contributed by atoms with E-state index in [1.165, 1.54) is 6.33 Å². The van der Waals surface area contributed by atoms with Gasteiger partial charge in [0.2, 0.25) is 0 Å². The molecule has 7 nitrogen and oxygen atoms in total. The number of imidazole rings is 1. The highest BCUT2D eigenvalue weighted by molar-refractivity contribution is 5.81. The third-order valence-corrected chi connectivity index (χ3v) is 6.32. The van der Waals surface area contributed by atoms with Crippen molar-refractivity contribution in [3.8, 4) is 0 Å². The Morgan fingerprint density at radius 3 is 2.38 bits per heavy atom. The van der Waals surface area contributed by atoms with Gasteiger partial charge in [-0.05, 0) is 16.7 Å². The zero-order valence-corrected chi connectivity index (χ0v) is 18.7. The monoisotopic (exact) mass is 459 g/mol. The van der Waals surface area contributed by atoms with Gasteiger partial charge < -0.3 is 19.8 Å². The first-order valence-corrected chi connectivity index (χ1v) is 11.1. The fourth-order valence-corrected chi connectivity index (χ4v) is 4.44. The van der Waals surface area contributed by atoms with E-state index in [-0.39, 0.29) is 19.0 Å². The topological polar surface area (TPSA) is 88.1 Å². The predicted octanol–water partition coefficient (Wildman–Crippen LogP) is 4.42. The molecule has 2 heterocycles. The van der Waals surface area contributed by atoms with Crippen LogP contribution in [0.5, 0.6) is 0 Å². The fourth-order valence-electron chi connectivity index (χ4n) is 4.44. The Hall–Kier alpha value is -3.62. The summed E-state index contributed by atoms with van der Waals surface area (Å²) in [5.41, 5.74) is 7.39. The van der Waals surface area contributed by atoms with Gasteiger partial charge in [0.05, 0.1) is 32.2 Å². The lowest BCUT2D eigenvalue weighted by Gasteiger charge is -2.28. The lowest BCUT2D eigenvalue weighted by atomic mass is 9.98. The normalized spacial score (nSPS) is 22.4. The van der Waals surface area contributed by atoms with Crippen molar-refractivity contribution in [2.24, 2.45) is 0 Å². The molecular formula is C26H26FN5O2. The molecule has 2 aromatic heterocycles. The Labute approximate surface area is 197 Å². The minimum absolute atomic E-state index is 0.166. The van der Waals surface area contributed by atoms with Crippen molar-refractivity contribution < 1.29 is 13.9 Å². The number of halogens is 1. The molecule has 2 N–H and O–H groups in total. The number of hydrogen-bond acceptors (Lipinski definition) is 6. The van der Waals surface area contributed by atoms with E-state index in [2.05, 4.69) is 21.5 Å². The van der Waals surface area contributed by atoms with Gasteiger partial charge in [0.25, 0.3) is 0 Å². The summed E-state index contributed by atoms with van der Waals surface area (Å²) in [5.74, 6) is 0.280. The number of nitrogen functional groups attached to an aromatic ring is 1. The number of anilines is 1. The summed E-state index contributed by atoms with van der Waals surface area (Å²) in [6.45, 7) is 4.57. The van der Waals surface area contributed by atoms with Gasteiger partial charge in [0.1, 0.15) is 17.9 Å². The van der Waals surface area contributed by atoms with Crippen LogP contribution in [0, 0.1) is 0 Å². The molecule has 5 rings (SSSR count). The molecule has 1 fully saturated rings. The Morgan fingerprint density at radius 1 is 1.00 bits per heavy atom. The first-order chi connectivity index (χ1) is 16.6. The summed E-state index contributed by atoms with van der Waals surface area (Å²) in [4.78, 5) is 12.7. The summed E-state index contributed by atoms with van der Waals surface area (Å²) < 4.78 is 30.4. The molecular weight excluding hydrogens is 433 g/mol. The van der Waals surface area contributed by atoms with Gasteiger partial charge in [0.15, 0.2) is 17.1 Å². The van der Waals surface area contributed by atoms with Crippen LogP contribution < -0.4 is 5.73 Å². The summed E-state index contributed by atoms with van der Waals surface area (Å²) in [6, 6.07) is 19.0. The number of rotatable bonds is 8. The summed E-state index contributed by atoms with van der Waals surface area (Å²) in [5, 5.41) is 0. The van der Waals surface area contributed by atoms with Crippen LogP contribution in [0.2, 0.25) is 0 Å². The van der Waals surface area contributed by atoms with Crippen molar-refractivity contribution in [2.45, 2.75) is 37.4 Å². The molecule has 0 bridgehead atoms. The molecule has 0 amide bonds. The van der Waals surface area contributed by atoms with Crippen LogP contribution in [0.3, 0.4) is 0 Å². The molecule has 1 aliphatic rings. The first kappa shape index (κ1) is 22.2. The van der Waals surface area contributed by atoms with Gasteiger partial charge in [-0.25, -0.2) is 19.3 Å². The average molecular weight is 460 g/mol. The number of fused-ring (bicyclic) bond motifs is 1. The van der Waals surface area contributed by atoms with Crippen molar-refractivity contribution in [1.29, 1.82) is 0 Å². The molecule has 4 aromatic rings. The van der Waals surface area contributed by atoms with Crippen LogP contribution >= 0.6 is 0 Å². The number of ether oxygens (including phenoxy) is 2. The standard InChI is InChI=1S/C26H26FN5O2/c1-18-21(32-17-31-23-24(28)29-16-30-25(23)32)12-22(34-14-20-10-6-3-7-11-20)26(18,27)15-33-13-19-8-4-2-5-9-19/h2-11,16-17,21-22H,1,12-15H2,(H2,28,29,30)/t21-,22-,26-/m0/s1. The molecule has 8 heteroatoms. The van der Waals surface area contributed by atoms with E-state index in [0.29, 0.717) is 29.8 Å². The van der Waals surface area contributed by atoms with E-state index in [0.717, 1.165) is 11.1 Å². The molecule has 1 saturated carbocycles. The first-order valence-electron chi connectivity index (χ1n) is 11.1. The molecule has 174 valence electrons. The van der Waals surface area contributed by atoms with Crippen molar-refractivity contribution in [3.05, 3.63) is 96.6 Å². The van der Waals surface area contributed by atoms with E-state index < -0.39 is 17.8 Å². The second kappa shape index (κ2) is 9.32. The molecule has 0 aliphatic heterocycles. The highest BCUT2D eigenvalue weighted by Crippen LogP contribution is 2.47. The smallest absolute Gasteiger partial charge is 0.182 e. The number of nitrogens with zero attached hydrogens (tertiary/aromatic N) is 4. The molecule has 0 saturated heterocycles. The van der Waals surface area contributed by atoms with E-state index in [4.69, 9.17) is 15.2 Å². The van der Waals surface area contributed by atoms with E-state index >= 15 is 4.39 Å². The third kappa shape index (κ3) is 4.18. The second-order valence-electron chi connectivity index (χ2n) is 8.49. The second-order valence-corrected chi connectivity index (χ2v) is 8.49. The van der Waals surface area contributed by atoms with Gasteiger partial charge in [-0.3, -0.25) is 0 Å². The van der Waals surface area contributed by atoms with Crippen LogP contribution in [0.1, 0.15) is 23.6 Å². The number of alkyl halides is 1. The maximum atomic E-state index is 16.7. The molecule has 0 spiro atoms. The highest BCUT2D eigenvalue weighted by Gasteiger charge is 2.53. The van der Waals surface area contributed by atoms with Gasteiger partial charge in [0, 0.05) is 6.42 Å². The zero-order valence-electron chi connectivity index (χ0n) is 18.7. The highest BCUT2D eigenvalue weighted by atomic mass is 19.1. The molecule has 34 heavy (non-hydrogen) atoms. The number of benzene rings is 2. The van der Waals surface area contributed by atoms with E-state index in [1.54, 1.807) is 10.9 Å². The summed E-state index contributed by atoms with van der Waals surface area (Å²) >= 11 is 0. The fraction of sp³-hybridized carbons (Fsp3) is 0.269. The van der Waals surface area contributed by atoms with Gasteiger partial charge >= 0.3 is 0 Å². The summed E-state index contributed by atoms with van der Waals surface area (Å²) in [6.07, 6.45) is 2.60. The largest absolute Gasteiger partial charge is 0.382 e. The van der Waals surface area contributed by atoms with Crippen LogP contribution in [-0.4, -0.2) is 37.9 Å². The maximum Gasteiger partial charge on any atom is 0.182 e. The molecule has 2 aromatic carbocycles. The molecule has 3 atom stereocenters. The molecule has 0 unspecified atom stereocenters. The van der Waals surface area contributed by atoms with E-state index in [9.17, 15) is 0 Å². The zero-order chi connectivity index (χ0) is 23.5. The van der Waals surface area contributed by atoms with Crippen LogP contribution in [0.4, 0.5) is 10.2 Å². The average Bonchev–Trinajstić information content (AvgIpc) is 3.39. The van der Waals surface area contributed by atoms with E-state index in [1.807, 2.05) is 60.7 Å². The van der Waals surface area contributed by atoms with Gasteiger partial charge in [-0.1, -0.05) is 67.2 Å². The Bertz CT molecular complexity index is 1280. The molecule has 1 aliphatic carbocycles. The number of aromatic nitrogens is 4. The van der Waals surface area contributed by atoms with Crippen molar-refractivity contribution >= 4 is 17.0 Å². The number of hydrogen-bond donors (Lipinski definition) is 1.